The monoisotopic (exact) mass is 678 g/mol. The molecule has 0 unspecified atom stereocenters. The first-order valence-corrected chi connectivity index (χ1v) is 18.0. The van der Waals surface area contributed by atoms with Crippen LogP contribution in [0.15, 0.2) is 207 Å². The highest BCUT2D eigenvalue weighted by Crippen LogP contribution is 2.42. The van der Waals surface area contributed by atoms with Crippen LogP contribution in [0, 0.1) is 0 Å². The van der Waals surface area contributed by atoms with Gasteiger partial charge >= 0.3 is 0 Å². The molecule has 0 saturated carbocycles. The molecule has 10 rings (SSSR count). The Labute approximate surface area is 308 Å². The predicted octanol–water partition coefficient (Wildman–Crippen LogP) is 12.9. The van der Waals surface area contributed by atoms with Crippen LogP contribution in [0.5, 0.6) is 0 Å². The van der Waals surface area contributed by atoms with Crippen LogP contribution in [-0.4, -0.2) is 14.1 Å². The van der Waals surface area contributed by atoms with E-state index in [1.807, 2.05) is 18.5 Å². The van der Waals surface area contributed by atoms with E-state index < -0.39 is 0 Å². The summed E-state index contributed by atoms with van der Waals surface area (Å²) < 4.78 is 4.75. The Morgan fingerprint density at radius 3 is 1.66 bits per heavy atom. The average Bonchev–Trinajstić information content (AvgIpc) is 3.82. The molecule has 0 radical (unpaired) electrons. The van der Waals surface area contributed by atoms with Crippen molar-refractivity contribution in [3.63, 3.8) is 0 Å². The molecule has 10 aromatic rings. The van der Waals surface area contributed by atoms with Gasteiger partial charge in [-0.15, -0.1) is 0 Å². The number of hydrogen-bond donors (Lipinski definition) is 0. The summed E-state index contributed by atoms with van der Waals surface area (Å²) in [5.74, 6) is 0. The van der Waals surface area contributed by atoms with Crippen LogP contribution in [0.3, 0.4) is 0 Å². The molecule has 4 nitrogen and oxygen atoms in total. The Hall–Kier alpha value is -7.17. The number of rotatable bonds is 7. The second kappa shape index (κ2) is 12.9. The Kier molecular flexibility index (Phi) is 7.43. The summed E-state index contributed by atoms with van der Waals surface area (Å²) in [5.41, 5.74) is 13.7. The molecule has 0 bridgehead atoms. The molecule has 53 heavy (non-hydrogen) atoms. The zero-order chi connectivity index (χ0) is 35.1. The summed E-state index contributed by atoms with van der Waals surface area (Å²) in [6.45, 7) is 0. The number of nitrogens with zero attached hydrogens (tertiary/aromatic N) is 4. The van der Waals surface area contributed by atoms with Crippen LogP contribution >= 0.6 is 0 Å². The van der Waals surface area contributed by atoms with Crippen molar-refractivity contribution >= 4 is 49.8 Å². The van der Waals surface area contributed by atoms with Crippen molar-refractivity contribution in [2.45, 2.75) is 0 Å². The molecular formula is C49H34N4. The van der Waals surface area contributed by atoms with Crippen molar-refractivity contribution in [2.24, 2.45) is 0 Å². The van der Waals surface area contributed by atoms with Gasteiger partial charge in [-0.3, -0.25) is 4.98 Å². The van der Waals surface area contributed by atoms with E-state index in [9.17, 15) is 0 Å². The smallest absolute Gasteiger partial charge is 0.0788 e. The van der Waals surface area contributed by atoms with Crippen LogP contribution in [0.4, 0.5) is 17.1 Å². The van der Waals surface area contributed by atoms with Crippen molar-refractivity contribution in [1.29, 1.82) is 0 Å². The maximum Gasteiger partial charge on any atom is 0.0788 e. The predicted molar refractivity (Wildman–Crippen MR) is 221 cm³/mol. The number of pyridine rings is 1. The zero-order valence-electron chi connectivity index (χ0n) is 28.9. The van der Waals surface area contributed by atoms with Crippen molar-refractivity contribution in [2.75, 3.05) is 4.90 Å². The fourth-order valence-electron chi connectivity index (χ4n) is 7.72. The lowest BCUT2D eigenvalue weighted by molar-refractivity contribution is 1.12. The Morgan fingerprint density at radius 2 is 1.00 bits per heavy atom. The molecule has 7 aromatic carbocycles. The standard InChI is InChI=1S/C49H34N4/c1-4-11-35(12-5-1)36-18-23-42(24-19-36)52(43-25-20-37(21-26-43)39-13-10-31-50-34-39)44-27-29-47-46(33-44)45-28-22-38-30-32-51(40-14-6-2-7-15-40)48(38)49(45)53(47)41-16-8-3-9-17-41/h1-34H. The van der Waals surface area contributed by atoms with Crippen LogP contribution < -0.4 is 4.90 Å². The normalized spacial score (nSPS) is 11.4. The van der Waals surface area contributed by atoms with E-state index in [0.29, 0.717) is 0 Å². The van der Waals surface area contributed by atoms with Crippen molar-refractivity contribution in [1.82, 2.24) is 14.1 Å². The minimum atomic E-state index is 1.08. The van der Waals surface area contributed by atoms with Gasteiger partial charge in [0.2, 0.25) is 0 Å². The minimum Gasteiger partial charge on any atom is -0.315 e. The summed E-state index contributed by atoms with van der Waals surface area (Å²) in [4.78, 5) is 6.71. The van der Waals surface area contributed by atoms with Gasteiger partial charge in [0, 0.05) is 63.2 Å². The van der Waals surface area contributed by atoms with Gasteiger partial charge in [-0.2, -0.15) is 0 Å². The second-order valence-electron chi connectivity index (χ2n) is 13.3. The Morgan fingerprint density at radius 1 is 0.415 bits per heavy atom. The van der Waals surface area contributed by atoms with Crippen LogP contribution in [0.2, 0.25) is 0 Å². The van der Waals surface area contributed by atoms with E-state index in [4.69, 9.17) is 0 Å². The SMILES string of the molecule is c1ccc(-c2ccc(N(c3ccc(-c4cccnc4)cc3)c3ccc4c(c3)c3ccc5ccn(-c6ccccc6)c5c3n4-c3ccccc3)cc2)cc1. The zero-order valence-corrected chi connectivity index (χ0v) is 28.9. The summed E-state index contributed by atoms with van der Waals surface area (Å²) in [6, 6.07) is 67.3. The van der Waals surface area contributed by atoms with Crippen molar-refractivity contribution in [3.8, 4) is 33.6 Å². The average molecular weight is 679 g/mol. The molecule has 3 aromatic heterocycles. The van der Waals surface area contributed by atoms with E-state index in [1.54, 1.807) is 0 Å². The fourth-order valence-corrected chi connectivity index (χ4v) is 7.72. The van der Waals surface area contributed by atoms with Gasteiger partial charge in [-0.25, -0.2) is 0 Å². The molecule has 3 heterocycles. The summed E-state index contributed by atoms with van der Waals surface area (Å²) in [5, 5.41) is 3.61. The number of hydrogen-bond acceptors (Lipinski definition) is 2. The molecule has 0 N–H and O–H groups in total. The molecule has 0 fully saturated rings. The summed E-state index contributed by atoms with van der Waals surface area (Å²) >= 11 is 0. The topological polar surface area (TPSA) is 26.0 Å². The van der Waals surface area contributed by atoms with E-state index >= 15 is 0 Å². The van der Waals surface area contributed by atoms with Crippen LogP contribution in [-0.2, 0) is 0 Å². The van der Waals surface area contributed by atoms with Gasteiger partial charge in [0.15, 0.2) is 0 Å². The lowest BCUT2D eigenvalue weighted by Crippen LogP contribution is -2.10. The first-order chi connectivity index (χ1) is 26.3. The van der Waals surface area contributed by atoms with Crippen molar-refractivity contribution in [3.05, 3.63) is 207 Å². The van der Waals surface area contributed by atoms with Gasteiger partial charge in [0.25, 0.3) is 0 Å². The molecule has 0 atom stereocenters. The molecular weight excluding hydrogens is 645 g/mol. The molecule has 0 spiro atoms. The molecule has 4 heteroatoms. The van der Waals surface area contributed by atoms with Crippen LogP contribution in [0.25, 0.3) is 66.3 Å². The van der Waals surface area contributed by atoms with E-state index in [1.165, 1.54) is 38.3 Å². The summed E-state index contributed by atoms with van der Waals surface area (Å²) in [7, 11) is 0. The molecule has 0 aliphatic rings. The number of benzene rings is 7. The summed E-state index contributed by atoms with van der Waals surface area (Å²) in [6.07, 6.45) is 5.91. The largest absolute Gasteiger partial charge is 0.315 e. The Balaban J connectivity index is 1.19. The fraction of sp³-hybridized carbons (Fsp3) is 0. The maximum absolute atomic E-state index is 4.35. The lowest BCUT2D eigenvalue weighted by Gasteiger charge is -2.26. The number of aromatic nitrogens is 3. The first kappa shape index (κ1) is 30.6. The number of para-hydroxylation sites is 2. The van der Waals surface area contributed by atoms with E-state index in [0.717, 1.165) is 45.1 Å². The quantitative estimate of drug-likeness (QED) is 0.168. The number of anilines is 3. The molecule has 0 aliphatic heterocycles. The van der Waals surface area contributed by atoms with E-state index in [2.05, 4.69) is 207 Å². The third-order valence-electron chi connectivity index (χ3n) is 10.2. The van der Waals surface area contributed by atoms with Gasteiger partial charge in [-0.1, -0.05) is 109 Å². The van der Waals surface area contributed by atoms with Gasteiger partial charge in [0.1, 0.15) is 0 Å². The molecule has 0 amide bonds. The third-order valence-corrected chi connectivity index (χ3v) is 10.2. The van der Waals surface area contributed by atoms with Gasteiger partial charge < -0.3 is 14.0 Å². The highest BCUT2D eigenvalue weighted by molar-refractivity contribution is 6.19. The number of fused-ring (bicyclic) bond motifs is 5. The maximum atomic E-state index is 4.35. The second-order valence-corrected chi connectivity index (χ2v) is 13.3. The minimum absolute atomic E-state index is 1.08. The lowest BCUT2D eigenvalue weighted by atomic mass is 10.0. The molecule has 250 valence electrons. The molecule has 0 saturated heterocycles. The molecule has 0 aliphatic carbocycles. The van der Waals surface area contributed by atoms with Crippen molar-refractivity contribution < 1.29 is 0 Å². The van der Waals surface area contributed by atoms with Crippen LogP contribution in [0.1, 0.15) is 0 Å². The van der Waals surface area contributed by atoms with E-state index in [-0.39, 0.29) is 0 Å². The third kappa shape index (κ3) is 5.36. The van der Waals surface area contributed by atoms with Gasteiger partial charge in [-0.05, 0) is 101 Å². The van der Waals surface area contributed by atoms with Gasteiger partial charge in [0.05, 0.1) is 16.6 Å². The highest BCUT2D eigenvalue weighted by Gasteiger charge is 2.21. The Bertz CT molecular complexity index is 2760. The highest BCUT2D eigenvalue weighted by atomic mass is 15.1. The first-order valence-electron chi connectivity index (χ1n) is 18.0.